The summed E-state index contributed by atoms with van der Waals surface area (Å²) in [6.07, 6.45) is 21.7. The summed E-state index contributed by atoms with van der Waals surface area (Å²) in [6.45, 7) is 8.85. The number of aliphatic hydroxyl groups excluding tert-OH is 1. The third-order valence-electron chi connectivity index (χ3n) is 8.62. The molecule has 0 unspecified atom stereocenters. The molecular weight excluding hydrogens is 777 g/mol. The molecule has 1 aliphatic heterocycles. The topological polar surface area (TPSA) is 328 Å². The molecule has 0 aromatic rings. The minimum absolute atomic E-state index is 0.0478. The van der Waals surface area contributed by atoms with Crippen molar-refractivity contribution in [3.63, 3.8) is 0 Å². The number of allylic oxidation sites excluding steroid dienone is 7. The number of guanidine groups is 2. The zero-order valence-electron chi connectivity index (χ0n) is 35.6. The Labute approximate surface area is 354 Å². The molecule has 0 aromatic carbocycles. The van der Waals surface area contributed by atoms with Crippen LogP contribution in [0.5, 0.6) is 0 Å². The van der Waals surface area contributed by atoms with Crippen LogP contribution in [0.25, 0.3) is 0 Å². The van der Waals surface area contributed by atoms with Crippen LogP contribution in [-0.2, 0) is 28.7 Å². The van der Waals surface area contributed by atoms with Crippen molar-refractivity contribution in [3.05, 3.63) is 60.8 Å². The first kappa shape index (κ1) is 54.7. The number of aliphatic carboxylic acids is 2. The molecule has 338 valence electrons. The van der Waals surface area contributed by atoms with Crippen molar-refractivity contribution in [2.75, 3.05) is 13.1 Å². The SMILES string of the molecule is CC(C)C[C@@H](O)CCC/C=C/C=C\C=C\C(=O)N[C@@H](CCCN=C(N)N)C(=O)O.CC(C)C[C@H]1CCC[C@@](O)(C(=O)/C=C/C=C/C(=O)N[C@@H](CCCN=C(N)N)C(=O)O)O1. The second-order valence-corrected chi connectivity index (χ2v) is 15.2. The maximum atomic E-state index is 12.4. The quantitative estimate of drug-likeness (QED) is 0.0187. The molecule has 1 fully saturated rings. The zero-order chi connectivity index (χ0) is 45.5. The molecule has 18 nitrogen and oxygen atoms in total. The van der Waals surface area contributed by atoms with E-state index in [0.717, 1.165) is 50.7 Å². The van der Waals surface area contributed by atoms with Crippen molar-refractivity contribution in [2.24, 2.45) is 44.8 Å². The van der Waals surface area contributed by atoms with Gasteiger partial charge in [0, 0.05) is 31.7 Å². The molecule has 0 bridgehead atoms. The first-order valence-electron chi connectivity index (χ1n) is 20.4. The Morgan fingerprint density at radius 2 is 1.23 bits per heavy atom. The van der Waals surface area contributed by atoms with Gasteiger partial charge in [-0.2, -0.15) is 0 Å². The molecule has 2 amide bonds. The average molecular weight is 847 g/mol. The Morgan fingerprint density at radius 3 is 1.72 bits per heavy atom. The van der Waals surface area contributed by atoms with Crippen LogP contribution in [-0.4, -0.2) is 105 Å². The first-order valence-corrected chi connectivity index (χ1v) is 20.4. The van der Waals surface area contributed by atoms with E-state index in [1.54, 1.807) is 18.2 Å². The number of nitrogens with two attached hydrogens (primary N) is 4. The van der Waals surface area contributed by atoms with Crippen molar-refractivity contribution in [1.29, 1.82) is 0 Å². The smallest absolute Gasteiger partial charge is 0.326 e. The Hall–Kier alpha value is -5.33. The lowest BCUT2D eigenvalue weighted by Crippen LogP contribution is -2.46. The molecule has 0 aromatic heterocycles. The van der Waals surface area contributed by atoms with E-state index in [9.17, 15) is 39.3 Å². The number of ketones is 1. The summed E-state index contributed by atoms with van der Waals surface area (Å²) < 4.78 is 5.63. The van der Waals surface area contributed by atoms with Gasteiger partial charge in [0.25, 0.3) is 0 Å². The average Bonchev–Trinajstić information content (AvgIpc) is 3.14. The van der Waals surface area contributed by atoms with Crippen LogP contribution in [0.3, 0.4) is 0 Å². The maximum absolute atomic E-state index is 12.4. The van der Waals surface area contributed by atoms with Gasteiger partial charge in [-0.3, -0.25) is 24.4 Å². The van der Waals surface area contributed by atoms with Crippen LogP contribution in [0.1, 0.15) is 105 Å². The number of carboxylic acids is 2. The molecule has 18 heteroatoms. The van der Waals surface area contributed by atoms with E-state index in [2.05, 4.69) is 34.5 Å². The van der Waals surface area contributed by atoms with Gasteiger partial charge in [-0.15, -0.1) is 0 Å². The van der Waals surface area contributed by atoms with E-state index in [1.165, 1.54) is 18.2 Å². The number of nitrogens with zero attached hydrogens (tertiary/aromatic N) is 2. The predicted octanol–water partition coefficient (Wildman–Crippen LogP) is 2.45. The molecule has 1 heterocycles. The number of rotatable bonds is 27. The Kier molecular flexibility index (Phi) is 28.8. The number of carbonyl (C=O) groups is 5. The molecule has 5 atom stereocenters. The lowest BCUT2D eigenvalue weighted by atomic mass is 9.93. The molecule has 0 saturated carbocycles. The van der Waals surface area contributed by atoms with Gasteiger partial charge in [-0.1, -0.05) is 70.2 Å². The minimum atomic E-state index is -1.85. The highest BCUT2D eigenvalue weighted by Gasteiger charge is 2.40. The van der Waals surface area contributed by atoms with E-state index < -0.39 is 47.4 Å². The Balaban J connectivity index is 0.00000116. The molecule has 0 spiro atoms. The number of hydrogen-bond donors (Lipinski definition) is 10. The molecule has 1 saturated heterocycles. The van der Waals surface area contributed by atoms with Crippen molar-refractivity contribution in [3.8, 4) is 0 Å². The third kappa shape index (κ3) is 29.0. The minimum Gasteiger partial charge on any atom is -0.480 e. The number of hydrogen-bond acceptors (Lipinski definition) is 10. The van der Waals surface area contributed by atoms with Gasteiger partial charge in [-0.05, 0) is 88.5 Å². The normalized spacial score (nSPS) is 18.4. The van der Waals surface area contributed by atoms with Crippen molar-refractivity contribution in [2.45, 2.75) is 135 Å². The van der Waals surface area contributed by atoms with E-state index in [4.69, 9.17) is 32.8 Å². The lowest BCUT2D eigenvalue weighted by molar-refractivity contribution is -0.240. The van der Waals surface area contributed by atoms with Gasteiger partial charge in [0.1, 0.15) is 12.1 Å². The number of carbonyl (C=O) groups excluding carboxylic acids is 3. The summed E-state index contributed by atoms with van der Waals surface area (Å²) in [4.78, 5) is 66.1. The molecule has 1 aliphatic rings. The van der Waals surface area contributed by atoms with Crippen molar-refractivity contribution in [1.82, 2.24) is 10.6 Å². The fourth-order valence-corrected chi connectivity index (χ4v) is 5.79. The summed E-state index contributed by atoms with van der Waals surface area (Å²) in [6, 6.07) is -2.08. The highest BCUT2D eigenvalue weighted by Crippen LogP contribution is 2.30. The van der Waals surface area contributed by atoms with Gasteiger partial charge < -0.3 is 58.7 Å². The van der Waals surface area contributed by atoms with Crippen LogP contribution in [0, 0.1) is 11.8 Å². The largest absolute Gasteiger partial charge is 0.480 e. The number of carboxylic acid groups (broad SMARTS) is 2. The van der Waals surface area contributed by atoms with Gasteiger partial charge in [-0.25, -0.2) is 9.59 Å². The van der Waals surface area contributed by atoms with E-state index in [0.29, 0.717) is 37.6 Å². The van der Waals surface area contributed by atoms with Gasteiger partial charge in [0.05, 0.1) is 12.2 Å². The fraction of sp³-hybridized carbons (Fsp3) is 0.595. The van der Waals surface area contributed by atoms with Gasteiger partial charge in [0.15, 0.2) is 11.9 Å². The molecule has 1 rings (SSSR count). The third-order valence-corrected chi connectivity index (χ3v) is 8.62. The summed E-state index contributed by atoms with van der Waals surface area (Å²) in [5.41, 5.74) is 20.8. The van der Waals surface area contributed by atoms with Crippen LogP contribution in [0.15, 0.2) is 70.7 Å². The van der Waals surface area contributed by atoms with Crippen molar-refractivity contribution < 1.29 is 49.1 Å². The Bertz CT molecular complexity index is 1530. The summed E-state index contributed by atoms with van der Waals surface area (Å²) in [5, 5.41) is 43.5. The number of nitrogens with one attached hydrogen (secondary N) is 2. The molecule has 60 heavy (non-hydrogen) atoms. The van der Waals surface area contributed by atoms with Crippen LogP contribution in [0.2, 0.25) is 0 Å². The second kappa shape index (κ2) is 31.6. The standard InChI is InChI=1S/C21H34N4O6.C21H36N4O4/c1-14(2)13-15-7-5-11-21(30,31-15)17(26)9-3-4-10-18(27)25-16(19(28)29)8-6-12-24-20(22)23;1-16(2)15-17(26)11-8-6-4-3-5-7-9-13-19(27)25-18(20(28)29)12-10-14-24-21(22)23/h3-4,9-10,14-16,30H,5-8,11-13H2,1-2H3,(H,25,27)(H,28,29)(H4,22,23,24);3-5,7,9,13,16-18,26H,6,8,10-12,14-15H2,1-2H3,(H,25,27)(H,28,29)(H4,22,23,24)/b9-3+,10-4+;4-3+,7-5-,13-9+/t15-,16+,21+;17-,18-/m10/s1. The summed E-state index contributed by atoms with van der Waals surface area (Å²) >= 11 is 0. The highest BCUT2D eigenvalue weighted by atomic mass is 16.6. The fourth-order valence-electron chi connectivity index (χ4n) is 5.79. The number of ether oxygens (including phenoxy) is 1. The molecular formula is C42H70N8O10. The molecule has 0 radical (unpaired) electrons. The lowest BCUT2D eigenvalue weighted by Gasteiger charge is -2.36. The van der Waals surface area contributed by atoms with Gasteiger partial charge in [0.2, 0.25) is 23.4 Å². The molecule has 0 aliphatic carbocycles. The van der Waals surface area contributed by atoms with Crippen LogP contribution in [0.4, 0.5) is 0 Å². The van der Waals surface area contributed by atoms with E-state index >= 15 is 0 Å². The molecule has 14 N–H and O–H groups in total. The van der Waals surface area contributed by atoms with Crippen LogP contribution < -0.4 is 33.6 Å². The summed E-state index contributed by atoms with van der Waals surface area (Å²) in [5.74, 6) is -5.07. The zero-order valence-corrected chi connectivity index (χ0v) is 35.6. The van der Waals surface area contributed by atoms with Gasteiger partial charge >= 0.3 is 11.9 Å². The number of aliphatic imine (C=N–C) groups is 2. The van der Waals surface area contributed by atoms with E-state index in [1.807, 2.05) is 26.0 Å². The van der Waals surface area contributed by atoms with Crippen LogP contribution >= 0.6 is 0 Å². The number of unbranched alkanes of at least 4 members (excludes halogenated alkanes) is 1. The first-order chi connectivity index (χ1) is 28.2. The number of amides is 2. The maximum Gasteiger partial charge on any atom is 0.326 e. The van der Waals surface area contributed by atoms with Crippen molar-refractivity contribution >= 4 is 41.5 Å². The predicted molar refractivity (Wildman–Crippen MR) is 232 cm³/mol. The monoisotopic (exact) mass is 847 g/mol. The second-order valence-electron chi connectivity index (χ2n) is 15.2. The number of aliphatic hydroxyl groups is 2. The Morgan fingerprint density at radius 1 is 0.733 bits per heavy atom. The highest BCUT2D eigenvalue weighted by molar-refractivity contribution is 5.96. The summed E-state index contributed by atoms with van der Waals surface area (Å²) in [7, 11) is 0. The van der Waals surface area contributed by atoms with E-state index in [-0.39, 0.29) is 49.9 Å².